The Morgan fingerprint density at radius 2 is 2.05 bits per heavy atom. The molecular weight excluding hydrogens is 328 g/mol. The molecule has 1 fully saturated rings. The number of nitrogens with zero attached hydrogens (tertiary/aromatic N) is 2. The van der Waals surface area contributed by atoms with Crippen LogP contribution in [-0.4, -0.2) is 36.7 Å². The summed E-state index contributed by atoms with van der Waals surface area (Å²) in [7, 11) is -1.72. The Kier molecular flexibility index (Phi) is 4.66. The predicted molar refractivity (Wildman–Crippen MR) is 79.9 cm³/mol. The van der Waals surface area contributed by atoms with E-state index in [1.54, 1.807) is 11.4 Å². The van der Waals surface area contributed by atoms with Gasteiger partial charge < -0.3 is 0 Å². The van der Waals surface area contributed by atoms with Crippen LogP contribution in [0.4, 0.5) is 0 Å². The molecule has 1 aromatic carbocycles. The van der Waals surface area contributed by atoms with E-state index in [1.807, 2.05) is 31.2 Å². The lowest BCUT2D eigenvalue weighted by molar-refractivity contribution is 0.352. The van der Waals surface area contributed by atoms with E-state index in [0.717, 1.165) is 22.9 Å². The summed E-state index contributed by atoms with van der Waals surface area (Å²) in [6.07, 6.45) is 1.93. The fraction of sp³-hybridized carbons (Fsp3) is 0.538. The Labute approximate surface area is 123 Å². The molecule has 0 aromatic heterocycles. The van der Waals surface area contributed by atoms with Crippen LogP contribution in [0.1, 0.15) is 25.3 Å². The van der Waals surface area contributed by atoms with Crippen molar-refractivity contribution in [1.82, 2.24) is 8.61 Å². The van der Waals surface area contributed by atoms with Gasteiger partial charge in [-0.25, -0.2) is 0 Å². The lowest BCUT2D eigenvalue weighted by atomic mass is 10.2. The van der Waals surface area contributed by atoms with Crippen molar-refractivity contribution in [3.8, 4) is 0 Å². The Bertz CT molecular complexity index is 543. The van der Waals surface area contributed by atoms with Gasteiger partial charge in [0.25, 0.3) is 10.2 Å². The summed E-state index contributed by atoms with van der Waals surface area (Å²) in [6, 6.07) is 7.97. The smallest absolute Gasteiger partial charge is 0.195 e. The Balaban J connectivity index is 2.22. The number of halogens is 1. The first-order valence-corrected chi connectivity index (χ1v) is 8.61. The molecule has 1 aromatic rings. The highest BCUT2D eigenvalue weighted by Crippen LogP contribution is 2.32. The molecule has 0 spiro atoms. The lowest BCUT2D eigenvalue weighted by Crippen LogP contribution is -2.42. The highest BCUT2D eigenvalue weighted by molar-refractivity contribution is 9.10. The first-order valence-electron chi connectivity index (χ1n) is 6.42. The molecule has 0 saturated heterocycles. The van der Waals surface area contributed by atoms with Crippen LogP contribution in [0, 0.1) is 0 Å². The van der Waals surface area contributed by atoms with E-state index >= 15 is 0 Å². The third kappa shape index (κ3) is 3.56. The van der Waals surface area contributed by atoms with Crippen molar-refractivity contribution in [3.05, 3.63) is 34.3 Å². The van der Waals surface area contributed by atoms with Gasteiger partial charge in [0, 0.05) is 30.7 Å². The van der Waals surface area contributed by atoms with E-state index in [4.69, 9.17) is 0 Å². The van der Waals surface area contributed by atoms with Crippen LogP contribution in [0.15, 0.2) is 28.7 Å². The highest BCUT2D eigenvalue weighted by atomic mass is 79.9. The van der Waals surface area contributed by atoms with Crippen molar-refractivity contribution in [2.75, 3.05) is 13.6 Å². The zero-order chi connectivity index (χ0) is 14.0. The Hall–Kier alpha value is -0.430. The average Bonchev–Trinajstić information content (AvgIpc) is 3.19. The first-order chi connectivity index (χ1) is 8.95. The molecule has 106 valence electrons. The minimum Gasteiger partial charge on any atom is -0.195 e. The molecular formula is C13H19BrN2O2S. The summed E-state index contributed by atoms with van der Waals surface area (Å²) >= 11 is 3.42. The number of hydrogen-bond acceptors (Lipinski definition) is 2. The molecule has 6 heteroatoms. The molecule has 2 rings (SSSR count). The zero-order valence-electron chi connectivity index (χ0n) is 11.2. The second-order valence-electron chi connectivity index (χ2n) is 4.83. The maximum atomic E-state index is 12.5. The van der Waals surface area contributed by atoms with Crippen LogP contribution in [0.3, 0.4) is 0 Å². The van der Waals surface area contributed by atoms with Gasteiger partial charge in [0.05, 0.1) is 0 Å². The van der Waals surface area contributed by atoms with Crippen molar-refractivity contribution in [2.45, 2.75) is 32.4 Å². The molecule has 1 aliphatic carbocycles. The molecule has 0 aliphatic heterocycles. The van der Waals surface area contributed by atoms with Crippen molar-refractivity contribution in [1.29, 1.82) is 0 Å². The second kappa shape index (κ2) is 5.91. The summed E-state index contributed by atoms with van der Waals surface area (Å²) in [5.41, 5.74) is 1.01. The molecule has 1 saturated carbocycles. The maximum Gasteiger partial charge on any atom is 0.282 e. The standard InChI is InChI=1S/C13H19BrN2O2S/c1-3-15(2)19(17,18)16(13-7-8-13)10-11-5-4-6-12(14)9-11/h4-6,9,13H,3,7-8,10H2,1-2H3. The van der Waals surface area contributed by atoms with Gasteiger partial charge in [0.1, 0.15) is 0 Å². The van der Waals surface area contributed by atoms with Gasteiger partial charge >= 0.3 is 0 Å². The van der Waals surface area contributed by atoms with E-state index in [-0.39, 0.29) is 6.04 Å². The number of rotatable bonds is 6. The van der Waals surface area contributed by atoms with Crippen LogP contribution in [-0.2, 0) is 16.8 Å². The molecule has 0 heterocycles. The molecule has 19 heavy (non-hydrogen) atoms. The Morgan fingerprint density at radius 1 is 1.37 bits per heavy atom. The fourth-order valence-electron chi connectivity index (χ4n) is 1.92. The molecule has 0 N–H and O–H groups in total. The number of benzene rings is 1. The summed E-state index contributed by atoms with van der Waals surface area (Å²) in [5, 5.41) is 0. The van der Waals surface area contributed by atoms with E-state index in [1.165, 1.54) is 4.31 Å². The molecule has 4 nitrogen and oxygen atoms in total. The largest absolute Gasteiger partial charge is 0.282 e. The molecule has 1 aliphatic rings. The van der Waals surface area contributed by atoms with Crippen LogP contribution in [0.25, 0.3) is 0 Å². The van der Waals surface area contributed by atoms with Crippen molar-refractivity contribution in [2.24, 2.45) is 0 Å². The van der Waals surface area contributed by atoms with Crippen molar-refractivity contribution in [3.63, 3.8) is 0 Å². The van der Waals surface area contributed by atoms with Crippen LogP contribution in [0.2, 0.25) is 0 Å². The first kappa shape index (κ1) is 15.0. The Morgan fingerprint density at radius 3 is 2.58 bits per heavy atom. The fourth-order valence-corrected chi connectivity index (χ4v) is 3.95. The minimum atomic E-state index is -3.35. The van der Waals surface area contributed by atoms with Crippen LogP contribution >= 0.6 is 15.9 Å². The molecule has 0 amide bonds. The summed E-state index contributed by atoms with van der Waals surface area (Å²) in [6.45, 7) is 2.78. The minimum absolute atomic E-state index is 0.165. The highest BCUT2D eigenvalue weighted by Gasteiger charge is 2.38. The quantitative estimate of drug-likeness (QED) is 0.794. The van der Waals surface area contributed by atoms with Gasteiger partial charge in [-0.05, 0) is 30.5 Å². The van der Waals surface area contributed by atoms with Crippen molar-refractivity contribution >= 4 is 26.1 Å². The van der Waals surface area contributed by atoms with Crippen LogP contribution < -0.4 is 0 Å². The molecule has 0 bridgehead atoms. The van der Waals surface area contributed by atoms with E-state index in [2.05, 4.69) is 15.9 Å². The van der Waals surface area contributed by atoms with Crippen molar-refractivity contribution < 1.29 is 8.42 Å². The van der Waals surface area contributed by atoms with E-state index in [0.29, 0.717) is 13.1 Å². The van der Waals surface area contributed by atoms with Gasteiger partial charge in [-0.1, -0.05) is 35.0 Å². The average molecular weight is 347 g/mol. The van der Waals surface area contributed by atoms with Gasteiger partial charge in [-0.2, -0.15) is 17.0 Å². The van der Waals surface area contributed by atoms with Gasteiger partial charge in [-0.3, -0.25) is 0 Å². The molecule has 0 atom stereocenters. The SMILES string of the molecule is CCN(C)S(=O)(=O)N(Cc1cccc(Br)c1)C1CC1. The predicted octanol–water partition coefficient (Wildman–Crippen LogP) is 2.61. The van der Waals surface area contributed by atoms with Gasteiger partial charge in [0.15, 0.2) is 0 Å². The van der Waals surface area contributed by atoms with Crippen LogP contribution in [0.5, 0.6) is 0 Å². The molecule has 0 radical (unpaired) electrons. The summed E-state index contributed by atoms with van der Waals surface area (Å²) in [4.78, 5) is 0. The number of hydrogen-bond donors (Lipinski definition) is 0. The normalized spacial score (nSPS) is 16.3. The maximum absolute atomic E-state index is 12.5. The third-order valence-electron chi connectivity index (χ3n) is 3.32. The topological polar surface area (TPSA) is 40.6 Å². The summed E-state index contributed by atoms with van der Waals surface area (Å²) < 4.78 is 28.9. The second-order valence-corrected chi connectivity index (χ2v) is 7.73. The lowest BCUT2D eigenvalue weighted by Gasteiger charge is -2.27. The summed E-state index contributed by atoms with van der Waals surface area (Å²) in [5.74, 6) is 0. The van der Waals surface area contributed by atoms with Gasteiger partial charge in [0.2, 0.25) is 0 Å². The third-order valence-corrected chi connectivity index (χ3v) is 5.88. The van der Waals surface area contributed by atoms with E-state index < -0.39 is 10.2 Å². The molecule has 0 unspecified atom stereocenters. The van der Waals surface area contributed by atoms with Gasteiger partial charge in [-0.15, -0.1) is 0 Å². The zero-order valence-corrected chi connectivity index (χ0v) is 13.6. The van der Waals surface area contributed by atoms with E-state index in [9.17, 15) is 8.42 Å². The monoisotopic (exact) mass is 346 g/mol.